The zero-order chi connectivity index (χ0) is 13.8. The molecule has 1 aliphatic heterocycles. The van der Waals surface area contributed by atoms with Crippen LogP contribution in [-0.2, 0) is 0 Å². The Kier molecular flexibility index (Phi) is 3.77. The Bertz CT molecular complexity index is 585. The van der Waals surface area contributed by atoms with E-state index in [0.717, 1.165) is 22.7 Å². The van der Waals surface area contributed by atoms with Crippen LogP contribution in [0.5, 0.6) is 5.75 Å². The van der Waals surface area contributed by atoms with Gasteiger partial charge in [0.25, 0.3) is 0 Å². The largest absolute Gasteiger partial charge is 0.481 e. The van der Waals surface area contributed by atoms with Crippen molar-refractivity contribution in [2.75, 3.05) is 13.7 Å². The number of likely N-dealkylation sites (N-methyl/N-ethyl adjacent to an activating group) is 1. The number of nitrogens with zero attached hydrogens (tertiary/aromatic N) is 1. The minimum Gasteiger partial charge on any atom is -0.481 e. The first-order valence-electron chi connectivity index (χ1n) is 6.12. The summed E-state index contributed by atoms with van der Waals surface area (Å²) >= 11 is 0. The van der Waals surface area contributed by atoms with Crippen molar-refractivity contribution in [3.8, 4) is 18.1 Å². The van der Waals surface area contributed by atoms with E-state index >= 15 is 0 Å². The molecule has 0 unspecified atom stereocenters. The molecule has 1 heterocycles. The third-order valence-corrected chi connectivity index (χ3v) is 3.18. The standard InChI is InChI=1S/C17H17NO/c1-5-12-19-16-9-7-15(8-10-16)17-11-6-13(2)14(3)18(17)4/h1,6-11H,3,12H2,2,4H3. The molecule has 19 heavy (non-hydrogen) atoms. The fourth-order valence-electron chi connectivity index (χ4n) is 1.96. The number of terminal acetylenes is 1. The molecule has 0 N–H and O–H groups in total. The van der Waals surface area contributed by atoms with Crippen LogP contribution in [0.3, 0.4) is 0 Å². The second-order valence-corrected chi connectivity index (χ2v) is 4.42. The van der Waals surface area contributed by atoms with Gasteiger partial charge in [0.1, 0.15) is 12.4 Å². The van der Waals surface area contributed by atoms with E-state index in [-0.39, 0.29) is 0 Å². The minimum atomic E-state index is 0.292. The summed E-state index contributed by atoms with van der Waals surface area (Å²) in [6, 6.07) is 7.90. The summed E-state index contributed by atoms with van der Waals surface area (Å²) in [5.41, 5.74) is 4.45. The topological polar surface area (TPSA) is 12.5 Å². The summed E-state index contributed by atoms with van der Waals surface area (Å²) in [7, 11) is 2.02. The fraction of sp³-hybridized carbons (Fsp3) is 0.176. The number of rotatable bonds is 3. The maximum atomic E-state index is 5.36. The second-order valence-electron chi connectivity index (χ2n) is 4.42. The van der Waals surface area contributed by atoms with Gasteiger partial charge in [0.05, 0.1) is 0 Å². The number of benzene rings is 1. The highest BCUT2D eigenvalue weighted by Gasteiger charge is 2.14. The average Bonchev–Trinajstić information content (AvgIpc) is 2.44. The highest BCUT2D eigenvalue weighted by molar-refractivity contribution is 5.70. The Hall–Kier alpha value is -2.40. The molecule has 0 amide bonds. The van der Waals surface area contributed by atoms with Crippen LogP contribution in [0.2, 0.25) is 0 Å². The highest BCUT2D eigenvalue weighted by atomic mass is 16.5. The fourth-order valence-corrected chi connectivity index (χ4v) is 1.96. The quantitative estimate of drug-likeness (QED) is 0.763. The van der Waals surface area contributed by atoms with Gasteiger partial charge in [-0.2, -0.15) is 0 Å². The summed E-state index contributed by atoms with van der Waals surface area (Å²) in [4.78, 5) is 2.09. The average molecular weight is 251 g/mol. The van der Waals surface area contributed by atoms with Crippen LogP contribution in [0.25, 0.3) is 5.70 Å². The first-order valence-corrected chi connectivity index (χ1v) is 6.12. The predicted molar refractivity (Wildman–Crippen MR) is 79.4 cm³/mol. The van der Waals surface area contributed by atoms with Gasteiger partial charge in [-0.1, -0.05) is 18.6 Å². The van der Waals surface area contributed by atoms with Gasteiger partial charge in [-0.15, -0.1) is 6.42 Å². The molecule has 1 aliphatic rings. The number of allylic oxidation sites excluding steroid dienone is 3. The lowest BCUT2D eigenvalue weighted by Crippen LogP contribution is -2.18. The monoisotopic (exact) mass is 251 g/mol. The molecule has 2 nitrogen and oxygen atoms in total. The van der Waals surface area contributed by atoms with Crippen LogP contribution < -0.4 is 4.74 Å². The van der Waals surface area contributed by atoms with Crippen molar-refractivity contribution in [1.29, 1.82) is 0 Å². The second kappa shape index (κ2) is 5.49. The van der Waals surface area contributed by atoms with E-state index in [1.807, 2.05) is 31.3 Å². The van der Waals surface area contributed by atoms with Crippen molar-refractivity contribution in [2.45, 2.75) is 6.92 Å². The van der Waals surface area contributed by atoms with Gasteiger partial charge in [-0.3, -0.25) is 0 Å². The summed E-state index contributed by atoms with van der Waals surface area (Å²) < 4.78 is 5.36. The minimum absolute atomic E-state index is 0.292. The van der Waals surface area contributed by atoms with Crippen LogP contribution >= 0.6 is 0 Å². The zero-order valence-corrected chi connectivity index (χ0v) is 11.3. The predicted octanol–water partition coefficient (Wildman–Crippen LogP) is 3.44. The van der Waals surface area contributed by atoms with Crippen molar-refractivity contribution in [3.63, 3.8) is 0 Å². The normalized spacial score (nSPS) is 14.6. The molecule has 2 heteroatoms. The van der Waals surface area contributed by atoms with Crippen LogP contribution in [0.1, 0.15) is 12.5 Å². The highest BCUT2D eigenvalue weighted by Crippen LogP contribution is 2.29. The first kappa shape index (κ1) is 13.0. The molecule has 0 bridgehead atoms. The van der Waals surface area contributed by atoms with Crippen molar-refractivity contribution in [1.82, 2.24) is 4.90 Å². The Morgan fingerprint density at radius 2 is 1.95 bits per heavy atom. The summed E-state index contributed by atoms with van der Waals surface area (Å²) in [6.07, 6.45) is 9.34. The molecule has 0 saturated heterocycles. The smallest absolute Gasteiger partial charge is 0.148 e. The molecule has 0 radical (unpaired) electrons. The summed E-state index contributed by atoms with van der Waals surface area (Å²) in [5.74, 6) is 3.23. The Labute approximate surface area is 114 Å². The van der Waals surface area contributed by atoms with E-state index in [1.165, 1.54) is 5.57 Å². The maximum absolute atomic E-state index is 5.36. The molecule has 1 aromatic rings. The Balaban J connectivity index is 2.23. The molecule has 2 rings (SSSR count). The van der Waals surface area contributed by atoms with Crippen molar-refractivity contribution >= 4 is 5.70 Å². The molecule has 0 spiro atoms. The van der Waals surface area contributed by atoms with Gasteiger partial charge in [0, 0.05) is 18.4 Å². The number of hydrogen-bond acceptors (Lipinski definition) is 2. The molecular weight excluding hydrogens is 234 g/mol. The SMILES string of the molecule is C#CCOc1ccc(C2=CC=C(C)C(=C)N2C)cc1. The van der Waals surface area contributed by atoms with Crippen LogP contribution in [0, 0.1) is 12.3 Å². The van der Waals surface area contributed by atoms with Gasteiger partial charge >= 0.3 is 0 Å². The van der Waals surface area contributed by atoms with Gasteiger partial charge in [0.15, 0.2) is 0 Å². The van der Waals surface area contributed by atoms with Gasteiger partial charge in [-0.25, -0.2) is 0 Å². The van der Waals surface area contributed by atoms with Gasteiger partial charge in [-0.05, 0) is 48.4 Å². The third kappa shape index (κ3) is 2.71. The van der Waals surface area contributed by atoms with E-state index in [0.29, 0.717) is 6.61 Å². The summed E-state index contributed by atoms with van der Waals surface area (Å²) in [6.45, 7) is 6.43. The lowest BCUT2D eigenvalue weighted by atomic mass is 10.0. The number of ether oxygens (including phenoxy) is 1. The van der Waals surface area contributed by atoms with E-state index < -0.39 is 0 Å². The van der Waals surface area contributed by atoms with Crippen molar-refractivity contribution < 1.29 is 4.74 Å². The number of hydrogen-bond donors (Lipinski definition) is 0. The molecule has 0 aliphatic carbocycles. The van der Waals surface area contributed by atoms with Gasteiger partial charge in [0.2, 0.25) is 0 Å². The van der Waals surface area contributed by atoms with E-state index in [2.05, 4.69) is 36.5 Å². The molecular formula is C17H17NO. The lowest BCUT2D eigenvalue weighted by Gasteiger charge is -2.28. The molecule has 0 fully saturated rings. The molecule has 0 aromatic heterocycles. The molecule has 1 aromatic carbocycles. The lowest BCUT2D eigenvalue weighted by molar-refractivity contribution is 0.370. The van der Waals surface area contributed by atoms with E-state index in [1.54, 1.807) is 0 Å². The van der Waals surface area contributed by atoms with Crippen LogP contribution in [-0.4, -0.2) is 18.6 Å². The molecule has 96 valence electrons. The maximum Gasteiger partial charge on any atom is 0.148 e. The summed E-state index contributed by atoms with van der Waals surface area (Å²) in [5, 5.41) is 0. The molecule has 0 atom stereocenters. The van der Waals surface area contributed by atoms with Crippen molar-refractivity contribution in [2.24, 2.45) is 0 Å². The molecule has 0 saturated carbocycles. The zero-order valence-electron chi connectivity index (χ0n) is 11.3. The van der Waals surface area contributed by atoms with Crippen LogP contribution in [0.4, 0.5) is 0 Å². The van der Waals surface area contributed by atoms with Crippen LogP contribution in [0.15, 0.2) is 54.3 Å². The van der Waals surface area contributed by atoms with Crippen molar-refractivity contribution in [3.05, 3.63) is 59.8 Å². The Morgan fingerprint density at radius 1 is 1.26 bits per heavy atom. The van der Waals surface area contributed by atoms with E-state index in [4.69, 9.17) is 11.2 Å². The Morgan fingerprint density at radius 3 is 2.58 bits per heavy atom. The van der Waals surface area contributed by atoms with E-state index in [9.17, 15) is 0 Å². The first-order chi connectivity index (χ1) is 9.13. The van der Waals surface area contributed by atoms with Gasteiger partial charge < -0.3 is 9.64 Å². The third-order valence-electron chi connectivity index (χ3n) is 3.18.